The topological polar surface area (TPSA) is 48.0 Å². The molecule has 0 saturated carbocycles. The molecule has 0 aromatic carbocycles. The lowest BCUT2D eigenvalue weighted by molar-refractivity contribution is 0.00578. The molecule has 2 rings (SSSR count). The molecule has 0 aromatic rings. The average molecular weight is 297 g/mol. The van der Waals surface area contributed by atoms with Gasteiger partial charge in [-0.2, -0.15) is 0 Å². The first-order chi connectivity index (χ1) is 9.41. The molecule has 0 aromatic heterocycles. The molecule has 0 spiro atoms. The van der Waals surface area contributed by atoms with Crippen LogP contribution in [0, 0.1) is 0 Å². The molecule has 120 valence electrons. The van der Waals surface area contributed by atoms with Crippen LogP contribution in [-0.2, 0) is 14.0 Å². The van der Waals surface area contributed by atoms with Crippen LogP contribution in [-0.4, -0.2) is 48.0 Å². The fourth-order valence-corrected chi connectivity index (χ4v) is 2.58. The number of carbonyl (C=O) groups is 1. The summed E-state index contributed by atoms with van der Waals surface area (Å²) >= 11 is 0. The number of likely N-dealkylation sites (tertiary alicyclic amines) is 1. The van der Waals surface area contributed by atoms with Crippen molar-refractivity contribution in [1.29, 1.82) is 0 Å². The van der Waals surface area contributed by atoms with Crippen LogP contribution in [0.5, 0.6) is 0 Å². The Labute approximate surface area is 128 Å². The fourth-order valence-electron chi connectivity index (χ4n) is 2.58. The molecule has 2 aliphatic heterocycles. The summed E-state index contributed by atoms with van der Waals surface area (Å²) in [7, 11) is -0.248. The zero-order chi connectivity index (χ0) is 16.1. The fraction of sp³-hybridized carbons (Fsp3) is 0.933. The highest BCUT2D eigenvalue weighted by molar-refractivity contribution is 6.47. The molecule has 2 fully saturated rings. The summed E-state index contributed by atoms with van der Waals surface area (Å²) < 4.78 is 17.6. The maximum atomic E-state index is 12.1. The number of carbonyl (C=O) groups excluding carboxylic acids is 1. The predicted octanol–water partition coefficient (Wildman–Crippen LogP) is 3.09. The van der Waals surface area contributed by atoms with Gasteiger partial charge in [0.15, 0.2) is 0 Å². The normalized spacial score (nSPS) is 28.0. The molecule has 1 atom stereocenters. The van der Waals surface area contributed by atoms with Gasteiger partial charge in [-0.05, 0) is 54.9 Å². The molecule has 6 heteroatoms. The number of amides is 1. The number of rotatable bonds is 1. The molecular weight excluding hydrogens is 269 g/mol. The summed E-state index contributed by atoms with van der Waals surface area (Å²) in [5, 5.41) is 0. The quantitative estimate of drug-likeness (QED) is 0.698. The third-order valence-corrected chi connectivity index (χ3v) is 4.53. The van der Waals surface area contributed by atoms with Crippen LogP contribution in [0.3, 0.4) is 0 Å². The van der Waals surface area contributed by atoms with Gasteiger partial charge in [0.25, 0.3) is 0 Å². The SMILES string of the molecule is CC(C)(C)OC(=O)N1CC[C@@H](B2OC(C)(C)C(C)(C)O2)C1. The van der Waals surface area contributed by atoms with E-state index in [-0.39, 0.29) is 30.2 Å². The van der Waals surface area contributed by atoms with Crippen molar-refractivity contribution in [2.75, 3.05) is 13.1 Å². The number of ether oxygens (including phenoxy) is 1. The highest BCUT2D eigenvalue weighted by Crippen LogP contribution is 2.42. The third kappa shape index (κ3) is 3.54. The summed E-state index contributed by atoms with van der Waals surface area (Å²) in [6.45, 7) is 15.2. The van der Waals surface area contributed by atoms with E-state index >= 15 is 0 Å². The Morgan fingerprint density at radius 2 is 1.71 bits per heavy atom. The van der Waals surface area contributed by atoms with Gasteiger partial charge >= 0.3 is 13.2 Å². The Balaban J connectivity index is 1.93. The van der Waals surface area contributed by atoms with Crippen molar-refractivity contribution in [2.24, 2.45) is 0 Å². The van der Waals surface area contributed by atoms with Crippen LogP contribution in [0.15, 0.2) is 0 Å². The van der Waals surface area contributed by atoms with Crippen LogP contribution in [0.1, 0.15) is 54.9 Å². The summed E-state index contributed by atoms with van der Waals surface area (Å²) in [5.74, 6) is 0.207. The van der Waals surface area contributed by atoms with Gasteiger partial charge in [-0.15, -0.1) is 0 Å². The van der Waals surface area contributed by atoms with Gasteiger partial charge in [0.05, 0.1) is 11.2 Å². The molecule has 5 nitrogen and oxygen atoms in total. The van der Waals surface area contributed by atoms with Gasteiger partial charge in [-0.3, -0.25) is 0 Å². The summed E-state index contributed by atoms with van der Waals surface area (Å²) in [6.07, 6.45) is 0.636. The lowest BCUT2D eigenvalue weighted by Gasteiger charge is -2.32. The molecule has 2 aliphatic rings. The predicted molar refractivity (Wildman–Crippen MR) is 82.3 cm³/mol. The number of hydrogen-bond acceptors (Lipinski definition) is 4. The van der Waals surface area contributed by atoms with Gasteiger partial charge in [0, 0.05) is 18.9 Å². The summed E-state index contributed by atoms with van der Waals surface area (Å²) in [6, 6.07) is 0. The van der Waals surface area contributed by atoms with Crippen LogP contribution < -0.4 is 0 Å². The maximum absolute atomic E-state index is 12.1. The Hall–Kier alpha value is -0.745. The second-order valence-corrected chi connectivity index (χ2v) is 8.10. The molecular formula is C15H28BNO4. The zero-order valence-corrected chi connectivity index (χ0v) is 14.4. The molecule has 2 saturated heterocycles. The van der Waals surface area contributed by atoms with Crippen molar-refractivity contribution in [1.82, 2.24) is 4.90 Å². The average Bonchev–Trinajstić information content (AvgIpc) is 2.80. The lowest BCUT2D eigenvalue weighted by Crippen LogP contribution is -2.41. The van der Waals surface area contributed by atoms with E-state index in [1.165, 1.54) is 0 Å². The van der Waals surface area contributed by atoms with Crippen LogP contribution in [0.25, 0.3) is 0 Å². The number of nitrogens with zero attached hydrogens (tertiary/aromatic N) is 1. The van der Waals surface area contributed by atoms with E-state index in [0.29, 0.717) is 13.1 Å². The second-order valence-electron chi connectivity index (χ2n) is 8.10. The second kappa shape index (κ2) is 5.16. The minimum Gasteiger partial charge on any atom is -0.444 e. The Morgan fingerprint density at radius 3 is 2.19 bits per heavy atom. The minimum absolute atomic E-state index is 0.207. The molecule has 0 unspecified atom stereocenters. The molecule has 2 heterocycles. The first kappa shape index (κ1) is 16.6. The largest absolute Gasteiger partial charge is 0.463 e. The standard InChI is InChI=1S/C15H28BNO4/c1-13(2,3)19-12(18)17-9-8-11(10-17)16-20-14(4,5)15(6,7)21-16/h11H,8-10H2,1-7H3/t11-/m1/s1. The van der Waals surface area contributed by atoms with Crippen molar-refractivity contribution in [3.8, 4) is 0 Å². The Bertz CT molecular complexity index is 400. The molecule has 21 heavy (non-hydrogen) atoms. The summed E-state index contributed by atoms with van der Waals surface area (Å²) in [5.41, 5.74) is -1.10. The molecule has 0 radical (unpaired) electrons. The monoisotopic (exact) mass is 297 g/mol. The smallest absolute Gasteiger partial charge is 0.444 e. The van der Waals surface area contributed by atoms with E-state index in [2.05, 4.69) is 0 Å². The third-order valence-electron chi connectivity index (χ3n) is 4.53. The lowest BCUT2D eigenvalue weighted by atomic mass is 9.71. The van der Waals surface area contributed by atoms with E-state index in [1.54, 1.807) is 4.90 Å². The van der Waals surface area contributed by atoms with Gasteiger partial charge in [0.1, 0.15) is 5.60 Å². The van der Waals surface area contributed by atoms with E-state index in [0.717, 1.165) is 6.42 Å². The molecule has 0 aliphatic carbocycles. The van der Waals surface area contributed by atoms with Crippen molar-refractivity contribution in [3.63, 3.8) is 0 Å². The molecule has 0 bridgehead atoms. The zero-order valence-electron chi connectivity index (χ0n) is 14.4. The van der Waals surface area contributed by atoms with E-state index in [1.807, 2.05) is 48.5 Å². The first-order valence-corrected chi connectivity index (χ1v) is 7.75. The Morgan fingerprint density at radius 1 is 1.19 bits per heavy atom. The highest BCUT2D eigenvalue weighted by atomic mass is 16.7. The van der Waals surface area contributed by atoms with Gasteiger partial charge < -0.3 is 18.9 Å². The van der Waals surface area contributed by atoms with Crippen LogP contribution >= 0.6 is 0 Å². The van der Waals surface area contributed by atoms with Crippen LogP contribution in [0.4, 0.5) is 4.79 Å². The van der Waals surface area contributed by atoms with E-state index in [9.17, 15) is 4.79 Å². The molecule has 1 amide bonds. The Kier molecular flexibility index (Phi) is 4.09. The summed E-state index contributed by atoms with van der Waals surface area (Å²) in [4.78, 5) is 13.8. The van der Waals surface area contributed by atoms with Gasteiger partial charge in [-0.25, -0.2) is 4.79 Å². The number of hydrogen-bond donors (Lipinski definition) is 0. The van der Waals surface area contributed by atoms with E-state index in [4.69, 9.17) is 14.0 Å². The van der Waals surface area contributed by atoms with Crippen molar-refractivity contribution < 1.29 is 18.8 Å². The van der Waals surface area contributed by atoms with Gasteiger partial charge in [-0.1, -0.05) is 0 Å². The molecule has 0 N–H and O–H groups in total. The van der Waals surface area contributed by atoms with Crippen molar-refractivity contribution >= 4 is 13.2 Å². The first-order valence-electron chi connectivity index (χ1n) is 7.75. The van der Waals surface area contributed by atoms with Crippen LogP contribution in [0.2, 0.25) is 5.82 Å². The maximum Gasteiger partial charge on any atom is 0.463 e. The van der Waals surface area contributed by atoms with Gasteiger partial charge in [0.2, 0.25) is 0 Å². The van der Waals surface area contributed by atoms with Crippen molar-refractivity contribution in [3.05, 3.63) is 0 Å². The van der Waals surface area contributed by atoms with Crippen molar-refractivity contribution in [2.45, 2.75) is 77.5 Å². The minimum atomic E-state index is -0.459. The van der Waals surface area contributed by atoms with E-state index < -0.39 is 5.60 Å². The highest BCUT2D eigenvalue weighted by Gasteiger charge is 2.54.